The molecule has 0 aromatic carbocycles. The van der Waals surface area contributed by atoms with Gasteiger partial charge in [-0.3, -0.25) is 9.59 Å². The Morgan fingerprint density at radius 1 is 1.35 bits per heavy atom. The Balaban J connectivity index is 2.19. The molecule has 0 saturated heterocycles. The van der Waals surface area contributed by atoms with E-state index in [9.17, 15) is 9.59 Å². The van der Waals surface area contributed by atoms with E-state index in [0.29, 0.717) is 18.2 Å². The lowest BCUT2D eigenvalue weighted by molar-refractivity contribution is -0.142. The van der Waals surface area contributed by atoms with Gasteiger partial charge in [-0.05, 0) is 31.9 Å². The third kappa shape index (κ3) is 6.13. The van der Waals surface area contributed by atoms with Gasteiger partial charge >= 0.3 is 5.97 Å². The number of amides is 1. The van der Waals surface area contributed by atoms with Crippen molar-refractivity contribution in [1.29, 1.82) is 0 Å². The number of rotatable bonds is 7. The average Bonchev–Trinajstić information content (AvgIpc) is 2.47. The Hall–Kier alpha value is -0.750. The normalized spacial score (nSPS) is 19.1. The molecule has 1 aliphatic rings. The molecule has 1 rings (SSSR count). The predicted molar refractivity (Wildman–Crippen MR) is 81.5 cm³/mol. The molecule has 0 bridgehead atoms. The van der Waals surface area contributed by atoms with E-state index in [1.54, 1.807) is 0 Å². The molecule has 0 aromatic rings. The lowest BCUT2D eigenvalue weighted by atomic mass is 9.95. The summed E-state index contributed by atoms with van der Waals surface area (Å²) in [6.45, 7) is 1.90. The first kappa shape index (κ1) is 17.3. The van der Waals surface area contributed by atoms with Crippen molar-refractivity contribution in [2.45, 2.75) is 62.8 Å². The number of ether oxygens (including phenoxy) is 1. The van der Waals surface area contributed by atoms with Gasteiger partial charge in [0.1, 0.15) is 6.04 Å². The van der Waals surface area contributed by atoms with Crippen LogP contribution in [0, 0.1) is 0 Å². The largest absolute Gasteiger partial charge is 0.468 e. The maximum atomic E-state index is 12.0. The minimum atomic E-state index is -0.596. The predicted octanol–water partition coefficient (Wildman–Crippen LogP) is 1.45. The number of thioether (sulfide) groups is 1. The summed E-state index contributed by atoms with van der Waals surface area (Å²) in [5.41, 5.74) is 5.65. The van der Waals surface area contributed by atoms with Crippen LogP contribution in [0.5, 0.6) is 0 Å². The summed E-state index contributed by atoms with van der Waals surface area (Å²) < 4.78 is 4.57. The van der Waals surface area contributed by atoms with E-state index in [4.69, 9.17) is 5.73 Å². The summed E-state index contributed by atoms with van der Waals surface area (Å²) in [7, 11) is 1.33. The van der Waals surface area contributed by atoms with Crippen molar-refractivity contribution in [3.8, 4) is 0 Å². The number of carbonyl (C=O) groups excluding carboxylic acids is 2. The summed E-state index contributed by atoms with van der Waals surface area (Å²) in [6, 6.07) is -0.252. The Morgan fingerprint density at radius 2 is 2.00 bits per heavy atom. The fraction of sp³-hybridized carbons (Fsp3) is 0.857. The van der Waals surface area contributed by atoms with Crippen molar-refractivity contribution in [3.63, 3.8) is 0 Å². The molecule has 1 aliphatic carbocycles. The van der Waals surface area contributed by atoms with Crippen LogP contribution in [0.15, 0.2) is 0 Å². The fourth-order valence-electron chi connectivity index (χ4n) is 2.28. The van der Waals surface area contributed by atoms with Gasteiger partial charge in [0.25, 0.3) is 0 Å². The molecule has 1 amide bonds. The van der Waals surface area contributed by atoms with Crippen LogP contribution in [-0.4, -0.2) is 42.1 Å². The summed E-state index contributed by atoms with van der Waals surface area (Å²) >= 11 is 1.53. The third-order valence-corrected chi connectivity index (χ3v) is 4.81. The lowest BCUT2D eigenvalue weighted by Gasteiger charge is -2.24. The van der Waals surface area contributed by atoms with Gasteiger partial charge in [0.15, 0.2) is 0 Å². The summed E-state index contributed by atoms with van der Waals surface area (Å²) in [5, 5.41) is 3.00. The number of carbonyl (C=O) groups is 2. The quantitative estimate of drug-likeness (QED) is 0.696. The van der Waals surface area contributed by atoms with Crippen LogP contribution < -0.4 is 11.1 Å². The zero-order valence-corrected chi connectivity index (χ0v) is 13.2. The Kier molecular flexibility index (Phi) is 7.99. The second kappa shape index (κ2) is 9.23. The molecular weight excluding hydrogens is 276 g/mol. The molecule has 2 atom stereocenters. The van der Waals surface area contributed by atoms with Crippen molar-refractivity contribution in [2.24, 2.45) is 5.73 Å². The van der Waals surface area contributed by atoms with Gasteiger partial charge in [0, 0.05) is 6.04 Å². The summed E-state index contributed by atoms with van der Waals surface area (Å²) in [4.78, 5) is 23.2. The van der Waals surface area contributed by atoms with Crippen LogP contribution in [-0.2, 0) is 14.3 Å². The van der Waals surface area contributed by atoms with E-state index in [0.717, 1.165) is 12.8 Å². The van der Waals surface area contributed by atoms with Gasteiger partial charge < -0.3 is 15.8 Å². The van der Waals surface area contributed by atoms with Crippen LogP contribution in [0.25, 0.3) is 0 Å². The minimum absolute atomic E-state index is 0.0912. The number of hydrogen-bond acceptors (Lipinski definition) is 5. The molecule has 3 N–H and O–H groups in total. The summed E-state index contributed by atoms with van der Waals surface area (Å²) in [5.74, 6) is 0.369. The molecule has 1 saturated carbocycles. The SMILES string of the molecule is COC(=O)C(N)CCSC(C)C(=O)NC1CCCCC1. The zero-order chi connectivity index (χ0) is 15.0. The van der Waals surface area contributed by atoms with E-state index in [2.05, 4.69) is 10.1 Å². The molecule has 0 heterocycles. The van der Waals surface area contributed by atoms with E-state index in [-0.39, 0.29) is 11.2 Å². The van der Waals surface area contributed by atoms with Crippen molar-refractivity contribution in [2.75, 3.05) is 12.9 Å². The molecule has 0 aromatic heterocycles. The topological polar surface area (TPSA) is 81.4 Å². The van der Waals surface area contributed by atoms with E-state index < -0.39 is 12.0 Å². The number of hydrogen-bond donors (Lipinski definition) is 2. The minimum Gasteiger partial charge on any atom is -0.468 e. The van der Waals surface area contributed by atoms with Crippen LogP contribution >= 0.6 is 11.8 Å². The number of nitrogens with one attached hydrogen (secondary N) is 1. The highest BCUT2D eigenvalue weighted by atomic mass is 32.2. The molecule has 1 fully saturated rings. The fourth-order valence-corrected chi connectivity index (χ4v) is 3.25. The number of esters is 1. The molecule has 0 spiro atoms. The van der Waals surface area contributed by atoms with Gasteiger partial charge in [-0.15, -0.1) is 11.8 Å². The standard InChI is InChI=1S/C14H26N2O3S/c1-10(20-9-8-12(15)14(18)19-2)13(17)16-11-6-4-3-5-7-11/h10-12H,3-9,15H2,1-2H3,(H,16,17). The smallest absolute Gasteiger partial charge is 0.322 e. The molecule has 5 nitrogen and oxygen atoms in total. The monoisotopic (exact) mass is 302 g/mol. The van der Waals surface area contributed by atoms with Crippen LogP contribution in [0.4, 0.5) is 0 Å². The van der Waals surface area contributed by atoms with Crippen LogP contribution in [0.1, 0.15) is 45.4 Å². The van der Waals surface area contributed by atoms with Crippen molar-refractivity contribution in [3.05, 3.63) is 0 Å². The first-order chi connectivity index (χ1) is 9.54. The molecule has 116 valence electrons. The second-order valence-corrected chi connectivity index (χ2v) is 6.72. The van der Waals surface area contributed by atoms with Gasteiger partial charge in [0.05, 0.1) is 12.4 Å². The zero-order valence-electron chi connectivity index (χ0n) is 12.4. The van der Waals surface area contributed by atoms with E-state index in [1.165, 1.54) is 38.1 Å². The maximum Gasteiger partial charge on any atom is 0.322 e. The average molecular weight is 302 g/mol. The van der Waals surface area contributed by atoms with Crippen molar-refractivity contribution >= 4 is 23.6 Å². The molecule has 20 heavy (non-hydrogen) atoms. The summed E-state index contributed by atoms with van der Waals surface area (Å²) in [6.07, 6.45) is 6.41. The number of nitrogens with two attached hydrogens (primary N) is 1. The van der Waals surface area contributed by atoms with Crippen LogP contribution in [0.2, 0.25) is 0 Å². The van der Waals surface area contributed by atoms with E-state index in [1.807, 2.05) is 6.92 Å². The Bertz CT molecular complexity index is 320. The lowest BCUT2D eigenvalue weighted by Crippen LogP contribution is -2.40. The van der Waals surface area contributed by atoms with Gasteiger partial charge in [-0.2, -0.15) is 0 Å². The van der Waals surface area contributed by atoms with Crippen molar-refractivity contribution < 1.29 is 14.3 Å². The molecule has 6 heteroatoms. The van der Waals surface area contributed by atoms with E-state index >= 15 is 0 Å². The Morgan fingerprint density at radius 3 is 2.60 bits per heavy atom. The highest BCUT2D eigenvalue weighted by Gasteiger charge is 2.20. The van der Waals surface area contributed by atoms with Gasteiger partial charge in [-0.25, -0.2) is 0 Å². The molecule has 0 radical (unpaired) electrons. The maximum absolute atomic E-state index is 12.0. The second-order valence-electron chi connectivity index (χ2n) is 5.27. The molecule has 0 aliphatic heterocycles. The highest BCUT2D eigenvalue weighted by Crippen LogP contribution is 2.19. The van der Waals surface area contributed by atoms with Gasteiger partial charge in [-0.1, -0.05) is 19.3 Å². The highest BCUT2D eigenvalue weighted by molar-refractivity contribution is 8.00. The van der Waals surface area contributed by atoms with Gasteiger partial charge in [0.2, 0.25) is 5.91 Å². The third-order valence-electron chi connectivity index (χ3n) is 3.62. The first-order valence-electron chi connectivity index (χ1n) is 7.30. The number of methoxy groups -OCH3 is 1. The molecular formula is C14H26N2O3S. The molecule has 2 unspecified atom stereocenters. The van der Waals surface area contributed by atoms with Crippen molar-refractivity contribution in [1.82, 2.24) is 5.32 Å². The Labute approximate surface area is 125 Å². The first-order valence-corrected chi connectivity index (χ1v) is 8.35. The van der Waals surface area contributed by atoms with Crippen LogP contribution in [0.3, 0.4) is 0 Å².